The van der Waals surface area contributed by atoms with Crippen LogP contribution >= 0.6 is 22.6 Å². The molecule has 3 aromatic rings. The number of fused-ring (bicyclic) bond motifs is 1. The Morgan fingerprint density at radius 1 is 1.00 bits per heavy atom. The first kappa shape index (κ1) is 13.5. The molecule has 4 rings (SSSR count). The highest BCUT2D eigenvalue weighted by atomic mass is 127. The number of benzene rings is 2. The lowest BCUT2D eigenvalue weighted by molar-refractivity contribution is 0.612. The molecule has 1 atom stereocenters. The number of halogens is 1. The van der Waals surface area contributed by atoms with Crippen LogP contribution in [-0.4, -0.2) is 14.8 Å². The molecule has 1 N–H and O–H groups in total. The lowest BCUT2D eigenvalue weighted by Crippen LogP contribution is -2.20. The minimum absolute atomic E-state index is 0.0502. The Morgan fingerprint density at radius 3 is 2.55 bits per heavy atom. The third kappa shape index (κ3) is 2.41. The van der Waals surface area contributed by atoms with Crippen molar-refractivity contribution < 1.29 is 0 Å². The molecule has 1 aromatic heterocycles. The molecule has 4 nitrogen and oxygen atoms in total. The molecule has 22 heavy (non-hydrogen) atoms. The first-order valence-electron chi connectivity index (χ1n) is 7.00. The molecule has 0 aliphatic carbocycles. The average Bonchev–Trinajstić information content (AvgIpc) is 3.04. The van der Waals surface area contributed by atoms with Crippen LogP contribution in [0.15, 0.2) is 67.0 Å². The second kappa shape index (κ2) is 5.57. The number of hydrogen-bond donors (Lipinski definition) is 1. The van der Waals surface area contributed by atoms with E-state index in [1.165, 1.54) is 9.13 Å². The summed E-state index contributed by atoms with van der Waals surface area (Å²) in [6, 6.07) is 18.9. The van der Waals surface area contributed by atoms with Crippen molar-refractivity contribution in [2.75, 3.05) is 5.32 Å². The van der Waals surface area contributed by atoms with E-state index < -0.39 is 0 Å². The molecule has 0 saturated carbocycles. The molecule has 0 radical (unpaired) electrons. The SMILES string of the molecule is Ic1ccc(C2=C[C@@H](c3ccccc3)n3ncnc3N2)cc1. The fourth-order valence-corrected chi connectivity index (χ4v) is 2.98. The largest absolute Gasteiger partial charge is 0.324 e. The highest BCUT2D eigenvalue weighted by Crippen LogP contribution is 2.31. The van der Waals surface area contributed by atoms with Gasteiger partial charge in [0, 0.05) is 9.27 Å². The van der Waals surface area contributed by atoms with E-state index >= 15 is 0 Å². The number of aromatic nitrogens is 3. The smallest absolute Gasteiger partial charge is 0.226 e. The quantitative estimate of drug-likeness (QED) is 0.663. The van der Waals surface area contributed by atoms with Gasteiger partial charge in [-0.1, -0.05) is 42.5 Å². The predicted octanol–water partition coefficient (Wildman–Crippen LogP) is 3.94. The molecule has 0 spiro atoms. The molecular weight excluding hydrogens is 387 g/mol. The van der Waals surface area contributed by atoms with Gasteiger partial charge in [0.2, 0.25) is 5.95 Å². The zero-order valence-electron chi connectivity index (χ0n) is 11.6. The molecule has 1 aliphatic heterocycles. The second-order valence-electron chi connectivity index (χ2n) is 5.10. The topological polar surface area (TPSA) is 42.7 Å². The third-order valence-electron chi connectivity index (χ3n) is 3.70. The van der Waals surface area contributed by atoms with E-state index in [9.17, 15) is 0 Å². The van der Waals surface area contributed by atoms with E-state index in [4.69, 9.17) is 0 Å². The van der Waals surface area contributed by atoms with Crippen molar-refractivity contribution in [1.29, 1.82) is 0 Å². The summed E-state index contributed by atoms with van der Waals surface area (Å²) < 4.78 is 3.13. The molecule has 5 heteroatoms. The van der Waals surface area contributed by atoms with Crippen molar-refractivity contribution in [1.82, 2.24) is 14.8 Å². The maximum Gasteiger partial charge on any atom is 0.226 e. The zero-order valence-corrected chi connectivity index (χ0v) is 13.8. The van der Waals surface area contributed by atoms with Gasteiger partial charge in [0.1, 0.15) is 12.4 Å². The summed E-state index contributed by atoms with van der Waals surface area (Å²) in [5.41, 5.74) is 3.40. The van der Waals surface area contributed by atoms with Gasteiger partial charge in [0.05, 0.1) is 0 Å². The summed E-state index contributed by atoms with van der Waals surface area (Å²) in [6.07, 6.45) is 3.78. The second-order valence-corrected chi connectivity index (χ2v) is 6.34. The molecule has 0 unspecified atom stereocenters. The van der Waals surface area contributed by atoms with E-state index in [2.05, 4.69) is 80.5 Å². The fourth-order valence-electron chi connectivity index (χ4n) is 2.62. The Kier molecular flexibility index (Phi) is 3.42. The van der Waals surface area contributed by atoms with Gasteiger partial charge in [-0.2, -0.15) is 10.1 Å². The van der Waals surface area contributed by atoms with Crippen LogP contribution in [-0.2, 0) is 0 Å². The summed E-state index contributed by atoms with van der Waals surface area (Å²) >= 11 is 2.31. The van der Waals surface area contributed by atoms with Crippen LogP contribution in [0.25, 0.3) is 5.70 Å². The standard InChI is InChI=1S/C17H13IN4/c18-14-8-6-12(7-9-14)15-10-16(13-4-2-1-3-5-13)22-17(21-15)19-11-20-22/h1-11,16H,(H,19,20,21)/t16-/m0/s1. The zero-order chi connectivity index (χ0) is 14.9. The normalized spacial score (nSPS) is 16.6. The van der Waals surface area contributed by atoms with Crippen molar-refractivity contribution in [3.63, 3.8) is 0 Å². The Hall–Kier alpha value is -2.15. The van der Waals surface area contributed by atoms with Crippen LogP contribution in [0.2, 0.25) is 0 Å². The monoisotopic (exact) mass is 400 g/mol. The Morgan fingerprint density at radius 2 is 1.77 bits per heavy atom. The van der Waals surface area contributed by atoms with Gasteiger partial charge >= 0.3 is 0 Å². The number of nitrogens with one attached hydrogen (secondary N) is 1. The molecule has 0 fully saturated rings. The molecule has 0 saturated heterocycles. The van der Waals surface area contributed by atoms with Crippen molar-refractivity contribution in [3.05, 3.63) is 81.7 Å². The van der Waals surface area contributed by atoms with Crippen LogP contribution in [0.3, 0.4) is 0 Å². The van der Waals surface area contributed by atoms with Crippen LogP contribution < -0.4 is 5.32 Å². The number of allylic oxidation sites excluding steroid dienone is 1. The highest BCUT2D eigenvalue weighted by molar-refractivity contribution is 14.1. The third-order valence-corrected chi connectivity index (χ3v) is 4.42. The molecule has 0 amide bonds. The van der Waals surface area contributed by atoms with E-state index in [0.717, 1.165) is 17.2 Å². The van der Waals surface area contributed by atoms with Crippen LogP contribution in [0.4, 0.5) is 5.95 Å². The minimum Gasteiger partial charge on any atom is -0.324 e. The van der Waals surface area contributed by atoms with E-state index in [1.807, 2.05) is 22.9 Å². The molecule has 108 valence electrons. The van der Waals surface area contributed by atoms with Crippen molar-refractivity contribution in [2.24, 2.45) is 0 Å². The van der Waals surface area contributed by atoms with Gasteiger partial charge < -0.3 is 5.32 Å². The minimum atomic E-state index is 0.0502. The molecule has 0 bridgehead atoms. The van der Waals surface area contributed by atoms with Crippen LogP contribution in [0.5, 0.6) is 0 Å². The summed E-state index contributed by atoms with van der Waals surface area (Å²) in [6.45, 7) is 0. The maximum atomic E-state index is 4.35. The summed E-state index contributed by atoms with van der Waals surface area (Å²) in [4.78, 5) is 4.32. The van der Waals surface area contributed by atoms with Gasteiger partial charge in [0.15, 0.2) is 0 Å². The van der Waals surface area contributed by atoms with E-state index in [0.29, 0.717) is 0 Å². The van der Waals surface area contributed by atoms with Crippen molar-refractivity contribution in [2.45, 2.75) is 6.04 Å². The van der Waals surface area contributed by atoms with Gasteiger partial charge in [-0.3, -0.25) is 0 Å². The van der Waals surface area contributed by atoms with Crippen molar-refractivity contribution >= 4 is 34.2 Å². The Bertz CT molecular complexity index is 821. The summed E-state index contributed by atoms with van der Waals surface area (Å²) in [7, 11) is 0. The number of nitrogens with zero attached hydrogens (tertiary/aromatic N) is 3. The van der Waals surface area contributed by atoms with E-state index in [-0.39, 0.29) is 6.04 Å². The average molecular weight is 400 g/mol. The molecular formula is C17H13IN4. The maximum absolute atomic E-state index is 4.35. The van der Waals surface area contributed by atoms with Crippen molar-refractivity contribution in [3.8, 4) is 0 Å². The lowest BCUT2D eigenvalue weighted by Gasteiger charge is -2.24. The van der Waals surface area contributed by atoms with Crippen LogP contribution in [0.1, 0.15) is 17.2 Å². The summed E-state index contributed by atoms with van der Waals surface area (Å²) in [5.74, 6) is 0.768. The number of anilines is 1. The number of rotatable bonds is 2. The Labute approximate surface area is 142 Å². The molecule has 2 aromatic carbocycles. The van der Waals surface area contributed by atoms with E-state index in [1.54, 1.807) is 6.33 Å². The highest BCUT2D eigenvalue weighted by Gasteiger charge is 2.22. The molecule has 1 aliphatic rings. The molecule has 2 heterocycles. The predicted molar refractivity (Wildman–Crippen MR) is 95.4 cm³/mol. The fraction of sp³-hybridized carbons (Fsp3) is 0.0588. The van der Waals surface area contributed by atoms with Gasteiger partial charge in [0.25, 0.3) is 0 Å². The van der Waals surface area contributed by atoms with Crippen LogP contribution in [0, 0.1) is 3.57 Å². The first-order valence-corrected chi connectivity index (χ1v) is 8.08. The van der Waals surface area contributed by atoms with Gasteiger partial charge in [-0.05, 0) is 51.9 Å². The number of hydrogen-bond acceptors (Lipinski definition) is 3. The van der Waals surface area contributed by atoms with Gasteiger partial charge in [-0.15, -0.1) is 0 Å². The lowest BCUT2D eigenvalue weighted by atomic mass is 10.0. The van der Waals surface area contributed by atoms with Gasteiger partial charge in [-0.25, -0.2) is 4.68 Å². The first-order chi connectivity index (χ1) is 10.8. The summed E-state index contributed by atoms with van der Waals surface area (Å²) in [5, 5.41) is 7.71. The Balaban J connectivity index is 1.81.